The van der Waals surface area contributed by atoms with E-state index in [-0.39, 0.29) is 23.6 Å². The van der Waals surface area contributed by atoms with E-state index in [4.69, 9.17) is 5.26 Å². The van der Waals surface area contributed by atoms with Gasteiger partial charge in [0.25, 0.3) is 0 Å². The van der Waals surface area contributed by atoms with Crippen molar-refractivity contribution in [3.8, 4) is 6.07 Å². The summed E-state index contributed by atoms with van der Waals surface area (Å²) in [6, 6.07) is 4.71. The van der Waals surface area contributed by atoms with Crippen LogP contribution in [-0.2, 0) is 11.0 Å². The van der Waals surface area contributed by atoms with Gasteiger partial charge in [0.15, 0.2) is 0 Å². The molecule has 19 heavy (non-hydrogen) atoms. The van der Waals surface area contributed by atoms with Crippen molar-refractivity contribution in [3.63, 3.8) is 0 Å². The van der Waals surface area contributed by atoms with Crippen LogP contribution in [0.4, 0.5) is 13.2 Å². The van der Waals surface area contributed by atoms with Crippen molar-refractivity contribution < 1.29 is 18.0 Å². The van der Waals surface area contributed by atoms with E-state index in [2.05, 4.69) is 5.32 Å². The fraction of sp³-hybridized carbons (Fsp3) is 0.231. The molecule has 0 atom stereocenters. The van der Waals surface area contributed by atoms with Crippen LogP contribution in [0, 0.1) is 11.3 Å². The van der Waals surface area contributed by atoms with Gasteiger partial charge in [0.05, 0.1) is 17.2 Å². The molecule has 0 radical (unpaired) electrons. The van der Waals surface area contributed by atoms with Gasteiger partial charge in [-0.15, -0.1) is 0 Å². The highest BCUT2D eigenvalue weighted by Crippen LogP contribution is 2.30. The second kappa shape index (κ2) is 6.05. The number of hydrogen-bond donors (Lipinski definition) is 1. The molecule has 0 bridgehead atoms. The van der Waals surface area contributed by atoms with Gasteiger partial charge in [-0.05, 0) is 23.8 Å². The van der Waals surface area contributed by atoms with E-state index in [1.807, 2.05) is 6.07 Å². The first-order valence-electron chi connectivity index (χ1n) is 5.37. The highest BCUT2D eigenvalue weighted by atomic mass is 19.4. The maximum atomic E-state index is 12.5. The standard InChI is InChI=1S/C13H11F3N2O/c1-9(19)18-6-2-3-10-7-12(13(14,15)16)5-4-11(10)8-17/h2-5,7H,6H2,1H3,(H,18,19). The fourth-order valence-electron chi connectivity index (χ4n) is 1.37. The third-order valence-electron chi connectivity index (χ3n) is 2.27. The number of alkyl halides is 3. The van der Waals surface area contributed by atoms with Crippen LogP contribution in [0.1, 0.15) is 23.6 Å². The van der Waals surface area contributed by atoms with Crippen LogP contribution in [-0.4, -0.2) is 12.5 Å². The van der Waals surface area contributed by atoms with Crippen LogP contribution >= 0.6 is 0 Å². The van der Waals surface area contributed by atoms with Gasteiger partial charge in [0, 0.05) is 13.5 Å². The largest absolute Gasteiger partial charge is 0.416 e. The van der Waals surface area contributed by atoms with E-state index in [9.17, 15) is 18.0 Å². The number of rotatable bonds is 3. The number of nitrogens with one attached hydrogen (secondary N) is 1. The number of benzene rings is 1. The Morgan fingerprint density at radius 1 is 1.47 bits per heavy atom. The first-order valence-corrected chi connectivity index (χ1v) is 5.37. The molecule has 1 N–H and O–H groups in total. The summed E-state index contributed by atoms with van der Waals surface area (Å²) in [6.45, 7) is 1.52. The van der Waals surface area contributed by atoms with Crippen molar-refractivity contribution in [1.82, 2.24) is 5.32 Å². The predicted octanol–water partition coefficient (Wildman–Crippen LogP) is 2.73. The van der Waals surface area contributed by atoms with Gasteiger partial charge in [-0.1, -0.05) is 12.2 Å². The highest BCUT2D eigenvalue weighted by Gasteiger charge is 2.30. The van der Waals surface area contributed by atoms with Crippen molar-refractivity contribution in [2.75, 3.05) is 6.54 Å². The van der Waals surface area contributed by atoms with Gasteiger partial charge in [-0.3, -0.25) is 4.79 Å². The molecule has 0 unspecified atom stereocenters. The van der Waals surface area contributed by atoms with E-state index in [0.717, 1.165) is 18.2 Å². The number of amides is 1. The van der Waals surface area contributed by atoms with Gasteiger partial charge in [0.1, 0.15) is 0 Å². The molecule has 3 nitrogen and oxygen atoms in total. The molecule has 100 valence electrons. The van der Waals surface area contributed by atoms with Crippen LogP contribution in [0.5, 0.6) is 0 Å². The highest BCUT2D eigenvalue weighted by molar-refractivity contribution is 5.73. The van der Waals surface area contributed by atoms with Crippen molar-refractivity contribution in [3.05, 3.63) is 41.0 Å². The SMILES string of the molecule is CC(=O)NCC=Cc1cc(C(F)(F)F)ccc1C#N. The molecular formula is C13H11F3N2O. The van der Waals surface area contributed by atoms with E-state index in [0.29, 0.717) is 0 Å². The average Bonchev–Trinajstić information content (AvgIpc) is 2.33. The summed E-state index contributed by atoms with van der Waals surface area (Å²) in [6.07, 6.45) is -1.59. The lowest BCUT2D eigenvalue weighted by molar-refractivity contribution is -0.137. The number of nitrogens with zero attached hydrogens (tertiary/aromatic N) is 1. The second-order valence-electron chi connectivity index (χ2n) is 3.75. The number of halogens is 3. The van der Waals surface area contributed by atoms with Crippen molar-refractivity contribution in [1.29, 1.82) is 5.26 Å². The molecule has 1 aromatic carbocycles. The minimum Gasteiger partial charge on any atom is -0.353 e. The molecule has 0 saturated carbocycles. The lowest BCUT2D eigenvalue weighted by Crippen LogP contribution is -2.19. The Hall–Kier alpha value is -2.29. The second-order valence-corrected chi connectivity index (χ2v) is 3.75. The van der Waals surface area contributed by atoms with Gasteiger partial charge >= 0.3 is 6.18 Å². The summed E-state index contributed by atoms with van der Waals surface area (Å²) in [7, 11) is 0. The molecule has 0 saturated heterocycles. The van der Waals surface area contributed by atoms with Gasteiger partial charge in [-0.25, -0.2) is 0 Å². The summed E-state index contributed by atoms with van der Waals surface area (Å²) in [5.74, 6) is -0.241. The Morgan fingerprint density at radius 2 is 2.16 bits per heavy atom. The van der Waals surface area contributed by atoms with Gasteiger partial charge < -0.3 is 5.32 Å². The molecule has 1 rings (SSSR count). The van der Waals surface area contributed by atoms with Crippen molar-refractivity contribution in [2.24, 2.45) is 0 Å². The summed E-state index contributed by atoms with van der Waals surface area (Å²) >= 11 is 0. The zero-order valence-electron chi connectivity index (χ0n) is 10.1. The number of hydrogen-bond acceptors (Lipinski definition) is 2. The molecule has 0 aliphatic rings. The Bertz CT molecular complexity index is 542. The molecule has 0 heterocycles. The molecular weight excluding hydrogens is 257 g/mol. The molecule has 0 aliphatic carbocycles. The van der Waals surface area contributed by atoms with Crippen LogP contribution in [0.15, 0.2) is 24.3 Å². The van der Waals surface area contributed by atoms with E-state index >= 15 is 0 Å². The van der Waals surface area contributed by atoms with E-state index in [1.54, 1.807) is 0 Å². The minimum absolute atomic E-state index is 0.145. The molecule has 0 spiro atoms. The quantitative estimate of drug-likeness (QED) is 0.916. The van der Waals surface area contributed by atoms with Crippen LogP contribution in [0.2, 0.25) is 0 Å². The van der Waals surface area contributed by atoms with E-state index in [1.165, 1.54) is 19.1 Å². The Balaban J connectivity index is 2.98. The smallest absolute Gasteiger partial charge is 0.353 e. The first kappa shape index (κ1) is 14.8. The monoisotopic (exact) mass is 268 g/mol. The summed E-state index contributed by atoms with van der Waals surface area (Å²) in [5.41, 5.74) is -0.500. The topological polar surface area (TPSA) is 52.9 Å². The molecule has 0 aromatic heterocycles. The van der Waals surface area contributed by atoms with Crippen LogP contribution in [0.3, 0.4) is 0 Å². The third-order valence-corrected chi connectivity index (χ3v) is 2.27. The maximum absolute atomic E-state index is 12.5. The Kier molecular flexibility index (Phi) is 4.70. The Labute approximate surface area is 108 Å². The minimum atomic E-state index is -4.45. The van der Waals surface area contributed by atoms with Crippen molar-refractivity contribution in [2.45, 2.75) is 13.1 Å². The zero-order chi connectivity index (χ0) is 14.5. The van der Waals surface area contributed by atoms with Crippen LogP contribution < -0.4 is 5.32 Å². The lowest BCUT2D eigenvalue weighted by Gasteiger charge is -2.08. The summed E-state index contributed by atoms with van der Waals surface area (Å²) in [4.78, 5) is 10.6. The first-order chi connectivity index (χ1) is 8.84. The Morgan fingerprint density at radius 3 is 2.68 bits per heavy atom. The fourth-order valence-corrected chi connectivity index (χ4v) is 1.37. The molecule has 1 amide bonds. The normalized spacial score (nSPS) is 11.3. The molecule has 0 aliphatic heterocycles. The third kappa shape index (κ3) is 4.47. The maximum Gasteiger partial charge on any atom is 0.416 e. The predicted molar refractivity (Wildman–Crippen MR) is 63.9 cm³/mol. The summed E-state index contributed by atoms with van der Waals surface area (Å²) in [5, 5.41) is 11.3. The number of nitriles is 1. The molecule has 6 heteroatoms. The van der Waals surface area contributed by atoms with Crippen LogP contribution in [0.25, 0.3) is 6.08 Å². The van der Waals surface area contributed by atoms with Gasteiger partial charge in [-0.2, -0.15) is 18.4 Å². The zero-order valence-corrected chi connectivity index (χ0v) is 10.1. The molecule has 0 fully saturated rings. The molecule has 1 aromatic rings. The van der Waals surface area contributed by atoms with Gasteiger partial charge in [0.2, 0.25) is 5.91 Å². The van der Waals surface area contributed by atoms with E-state index < -0.39 is 11.7 Å². The lowest BCUT2D eigenvalue weighted by atomic mass is 10.0. The number of carbonyl (C=O) groups is 1. The summed E-state index contributed by atoms with van der Waals surface area (Å²) < 4.78 is 37.6. The average molecular weight is 268 g/mol. The number of carbonyl (C=O) groups excluding carboxylic acids is 1. The van der Waals surface area contributed by atoms with Crippen molar-refractivity contribution >= 4 is 12.0 Å².